The average Bonchev–Trinajstić information content (AvgIpc) is 2.87. The molecule has 1 amide bonds. The van der Waals surface area contributed by atoms with Crippen LogP contribution in [0.3, 0.4) is 0 Å². The van der Waals surface area contributed by atoms with Crippen molar-refractivity contribution < 1.29 is 13.2 Å². The molecular weight excluding hydrogens is 332 g/mol. The highest BCUT2D eigenvalue weighted by Gasteiger charge is 2.28. The van der Waals surface area contributed by atoms with E-state index < -0.39 is 9.84 Å². The minimum atomic E-state index is -2.88. The van der Waals surface area contributed by atoms with Crippen molar-refractivity contribution in [1.29, 1.82) is 0 Å². The summed E-state index contributed by atoms with van der Waals surface area (Å²) in [6.45, 7) is 6.12. The van der Waals surface area contributed by atoms with Gasteiger partial charge in [0.15, 0.2) is 9.84 Å². The number of nitrogens with zero attached hydrogens (tertiary/aromatic N) is 1. The van der Waals surface area contributed by atoms with Crippen LogP contribution in [0.5, 0.6) is 0 Å². The number of hydrogen-bond acceptors (Lipinski definition) is 5. The van der Waals surface area contributed by atoms with Crippen LogP contribution >= 0.6 is 11.8 Å². The topological polar surface area (TPSA) is 66.5 Å². The van der Waals surface area contributed by atoms with Gasteiger partial charge in [-0.1, -0.05) is 0 Å². The molecule has 7 heteroatoms. The molecule has 23 heavy (non-hydrogen) atoms. The van der Waals surface area contributed by atoms with Crippen molar-refractivity contribution in [1.82, 2.24) is 0 Å². The molecule has 5 nitrogen and oxygen atoms in total. The lowest BCUT2D eigenvalue weighted by atomic mass is 10.2. The van der Waals surface area contributed by atoms with Crippen molar-refractivity contribution in [3.05, 3.63) is 24.3 Å². The maximum atomic E-state index is 12.0. The number of carbonyl (C=O) groups is 1. The predicted molar refractivity (Wildman–Crippen MR) is 98.1 cm³/mol. The Kier molecular flexibility index (Phi) is 6.35. The smallest absolute Gasteiger partial charge is 0.234 e. The monoisotopic (exact) mass is 356 g/mol. The van der Waals surface area contributed by atoms with E-state index in [1.165, 1.54) is 11.8 Å². The van der Waals surface area contributed by atoms with Gasteiger partial charge in [0, 0.05) is 29.7 Å². The van der Waals surface area contributed by atoms with Crippen LogP contribution in [0.1, 0.15) is 20.3 Å². The number of anilines is 2. The number of nitrogens with one attached hydrogen (secondary N) is 1. The first-order chi connectivity index (χ1) is 10.9. The lowest BCUT2D eigenvalue weighted by molar-refractivity contribution is -0.113. The largest absolute Gasteiger partial charge is 0.372 e. The van der Waals surface area contributed by atoms with Gasteiger partial charge in [-0.3, -0.25) is 4.79 Å². The number of hydrogen-bond donors (Lipinski definition) is 1. The number of rotatable bonds is 7. The first kappa shape index (κ1) is 18.1. The van der Waals surface area contributed by atoms with E-state index in [4.69, 9.17) is 0 Å². The molecule has 1 aromatic rings. The van der Waals surface area contributed by atoms with E-state index in [0.717, 1.165) is 24.5 Å². The summed E-state index contributed by atoms with van der Waals surface area (Å²) in [6, 6.07) is 7.80. The van der Waals surface area contributed by atoms with Crippen LogP contribution in [0, 0.1) is 0 Å². The van der Waals surface area contributed by atoms with Gasteiger partial charge in [0.05, 0.1) is 17.3 Å². The van der Waals surface area contributed by atoms with Crippen molar-refractivity contribution in [2.24, 2.45) is 0 Å². The third-order valence-electron chi connectivity index (χ3n) is 3.92. The van der Waals surface area contributed by atoms with Crippen LogP contribution in [0.15, 0.2) is 24.3 Å². The zero-order valence-corrected chi connectivity index (χ0v) is 15.3. The lowest BCUT2D eigenvalue weighted by Crippen LogP contribution is -2.21. The Morgan fingerprint density at radius 2 is 1.91 bits per heavy atom. The SMILES string of the molecule is CCN(CC)c1ccc(NC(=O)CSC2CCS(=O)(=O)C2)cc1. The molecule has 1 aliphatic heterocycles. The Bertz CT molecular complexity index is 625. The second-order valence-electron chi connectivity index (χ2n) is 5.60. The van der Waals surface area contributed by atoms with Crippen LogP contribution in [0.2, 0.25) is 0 Å². The van der Waals surface area contributed by atoms with E-state index in [1.54, 1.807) is 0 Å². The van der Waals surface area contributed by atoms with Crippen LogP contribution in [0.4, 0.5) is 11.4 Å². The summed E-state index contributed by atoms with van der Waals surface area (Å²) in [6.07, 6.45) is 0.652. The first-order valence-corrected chi connectivity index (χ1v) is 10.8. The molecule has 0 radical (unpaired) electrons. The second kappa shape index (κ2) is 8.06. The number of amides is 1. The molecular formula is C16H24N2O3S2. The van der Waals surface area contributed by atoms with E-state index in [-0.39, 0.29) is 28.4 Å². The summed E-state index contributed by atoms with van der Waals surface area (Å²) < 4.78 is 22.8. The Hall–Kier alpha value is -1.21. The van der Waals surface area contributed by atoms with Gasteiger partial charge in [0.1, 0.15) is 0 Å². The average molecular weight is 357 g/mol. The van der Waals surface area contributed by atoms with Crippen LogP contribution in [-0.2, 0) is 14.6 Å². The van der Waals surface area contributed by atoms with Gasteiger partial charge in [0.2, 0.25) is 5.91 Å². The fraction of sp³-hybridized carbons (Fsp3) is 0.562. The minimum absolute atomic E-state index is 0.0517. The first-order valence-electron chi connectivity index (χ1n) is 7.90. The molecule has 1 aliphatic rings. The summed E-state index contributed by atoms with van der Waals surface area (Å²) in [7, 11) is -2.88. The predicted octanol–water partition coefficient (Wildman–Crippen LogP) is 2.39. The van der Waals surface area contributed by atoms with Crippen molar-refractivity contribution in [2.45, 2.75) is 25.5 Å². The van der Waals surface area contributed by atoms with Crippen molar-refractivity contribution >= 4 is 38.9 Å². The summed E-state index contributed by atoms with van der Waals surface area (Å²) in [4.78, 5) is 14.2. The van der Waals surface area contributed by atoms with Crippen LogP contribution < -0.4 is 10.2 Å². The normalized spacial score (nSPS) is 19.5. The van der Waals surface area contributed by atoms with E-state index in [0.29, 0.717) is 6.42 Å². The standard InChI is InChI=1S/C16H24N2O3S2/c1-3-18(4-2)14-7-5-13(6-8-14)17-16(19)11-22-15-9-10-23(20,21)12-15/h5-8,15H,3-4,9-12H2,1-2H3,(H,17,19). The highest BCUT2D eigenvalue weighted by atomic mass is 32.2. The van der Waals surface area contributed by atoms with Gasteiger partial charge in [-0.2, -0.15) is 0 Å². The van der Waals surface area contributed by atoms with Gasteiger partial charge in [-0.15, -0.1) is 11.8 Å². The molecule has 0 spiro atoms. The zero-order chi connectivity index (χ0) is 16.9. The Balaban J connectivity index is 1.81. The van der Waals surface area contributed by atoms with E-state index in [9.17, 15) is 13.2 Å². The second-order valence-corrected chi connectivity index (χ2v) is 9.12. The summed E-state index contributed by atoms with van der Waals surface area (Å²) in [5.74, 6) is 0.649. The fourth-order valence-corrected chi connectivity index (χ4v) is 6.07. The van der Waals surface area contributed by atoms with Crippen molar-refractivity contribution in [2.75, 3.05) is 40.6 Å². The summed E-state index contributed by atoms with van der Waals surface area (Å²) in [5.41, 5.74) is 1.91. The number of benzene rings is 1. The summed E-state index contributed by atoms with van der Waals surface area (Å²) >= 11 is 1.43. The third kappa shape index (κ3) is 5.42. The molecule has 1 aromatic carbocycles. The lowest BCUT2D eigenvalue weighted by Gasteiger charge is -2.21. The van der Waals surface area contributed by atoms with Gasteiger partial charge < -0.3 is 10.2 Å². The molecule has 2 rings (SSSR count). The molecule has 1 atom stereocenters. The van der Waals surface area contributed by atoms with Gasteiger partial charge in [0.25, 0.3) is 0 Å². The third-order valence-corrected chi connectivity index (χ3v) is 7.20. The van der Waals surface area contributed by atoms with Gasteiger partial charge in [-0.25, -0.2) is 8.42 Å². The minimum Gasteiger partial charge on any atom is -0.372 e. The highest BCUT2D eigenvalue weighted by molar-refractivity contribution is 8.02. The quantitative estimate of drug-likeness (QED) is 0.812. The van der Waals surface area contributed by atoms with Gasteiger partial charge >= 0.3 is 0 Å². The molecule has 1 fully saturated rings. The molecule has 1 heterocycles. The molecule has 1 N–H and O–H groups in total. The number of sulfone groups is 1. The molecule has 0 bridgehead atoms. The molecule has 1 saturated heterocycles. The fourth-order valence-electron chi connectivity index (χ4n) is 2.63. The number of thioether (sulfide) groups is 1. The van der Waals surface area contributed by atoms with E-state index >= 15 is 0 Å². The number of carbonyl (C=O) groups excluding carboxylic acids is 1. The Morgan fingerprint density at radius 3 is 2.43 bits per heavy atom. The zero-order valence-electron chi connectivity index (χ0n) is 13.6. The Morgan fingerprint density at radius 1 is 1.26 bits per heavy atom. The maximum absolute atomic E-state index is 12.0. The molecule has 128 valence electrons. The van der Waals surface area contributed by atoms with Crippen LogP contribution in [0.25, 0.3) is 0 Å². The van der Waals surface area contributed by atoms with Crippen molar-refractivity contribution in [3.63, 3.8) is 0 Å². The maximum Gasteiger partial charge on any atom is 0.234 e. The van der Waals surface area contributed by atoms with Crippen LogP contribution in [-0.4, -0.2) is 49.9 Å². The van der Waals surface area contributed by atoms with E-state index in [1.807, 2.05) is 24.3 Å². The molecule has 1 unspecified atom stereocenters. The van der Waals surface area contributed by atoms with E-state index in [2.05, 4.69) is 24.1 Å². The molecule has 0 saturated carbocycles. The molecule has 0 aliphatic carbocycles. The van der Waals surface area contributed by atoms with Gasteiger partial charge in [-0.05, 0) is 44.5 Å². The highest BCUT2D eigenvalue weighted by Crippen LogP contribution is 2.24. The van der Waals surface area contributed by atoms with Crippen molar-refractivity contribution in [3.8, 4) is 0 Å². The summed E-state index contributed by atoms with van der Waals surface area (Å²) in [5, 5.41) is 2.91. The Labute approximate surface area is 142 Å². The molecule has 0 aromatic heterocycles.